The van der Waals surface area contributed by atoms with E-state index in [1.807, 2.05) is 0 Å². The third-order valence-corrected chi connectivity index (χ3v) is 3.36. The van der Waals surface area contributed by atoms with E-state index in [-0.39, 0.29) is 38.3 Å². The second-order valence-electron chi connectivity index (χ2n) is 5.20. The van der Waals surface area contributed by atoms with Crippen LogP contribution in [0.25, 0.3) is 0 Å². The highest BCUT2D eigenvalue weighted by Gasteiger charge is 2.35. The average Bonchev–Trinajstić information content (AvgIpc) is 2.31. The number of halogens is 2. The van der Waals surface area contributed by atoms with Gasteiger partial charge in [0.1, 0.15) is 0 Å². The van der Waals surface area contributed by atoms with E-state index in [4.69, 9.17) is 5.11 Å². The van der Waals surface area contributed by atoms with Gasteiger partial charge >= 0.3 is 12.0 Å². The molecule has 5 nitrogen and oxygen atoms in total. The van der Waals surface area contributed by atoms with Crippen molar-refractivity contribution < 1.29 is 23.5 Å². The van der Waals surface area contributed by atoms with Gasteiger partial charge in [0.15, 0.2) is 0 Å². The molecular weight excluding hydrogens is 258 g/mol. The summed E-state index contributed by atoms with van der Waals surface area (Å²) in [5.74, 6) is -4.26. The normalized spacial score (nSPS) is 20.6. The number of nitrogens with one attached hydrogen (secondary N) is 1. The smallest absolute Gasteiger partial charge is 0.317 e. The van der Waals surface area contributed by atoms with Crippen LogP contribution in [0.15, 0.2) is 0 Å². The molecule has 1 atom stereocenters. The van der Waals surface area contributed by atoms with Crippen LogP contribution in [-0.4, -0.2) is 47.6 Å². The fourth-order valence-electron chi connectivity index (χ4n) is 2.04. The van der Waals surface area contributed by atoms with Gasteiger partial charge in [-0.3, -0.25) is 4.79 Å². The van der Waals surface area contributed by atoms with Crippen molar-refractivity contribution in [2.24, 2.45) is 5.92 Å². The largest absolute Gasteiger partial charge is 0.481 e. The number of rotatable bonds is 4. The maximum atomic E-state index is 12.9. The third-order valence-electron chi connectivity index (χ3n) is 3.36. The minimum absolute atomic E-state index is 0.0873. The summed E-state index contributed by atoms with van der Waals surface area (Å²) < 4.78 is 25.9. The van der Waals surface area contributed by atoms with Gasteiger partial charge in [0.2, 0.25) is 5.92 Å². The summed E-state index contributed by atoms with van der Waals surface area (Å²) in [6.07, 6.45) is 0.0719. The van der Waals surface area contributed by atoms with E-state index in [2.05, 4.69) is 5.32 Å². The first-order valence-corrected chi connectivity index (χ1v) is 6.33. The predicted octanol–water partition coefficient (Wildman–Crippen LogP) is 1.93. The maximum Gasteiger partial charge on any atom is 0.317 e. The zero-order valence-corrected chi connectivity index (χ0v) is 11.2. The molecular formula is C12H20F2N2O3. The Balaban J connectivity index is 2.37. The number of aliphatic carboxylic acids is 1. The van der Waals surface area contributed by atoms with Crippen LogP contribution in [0.4, 0.5) is 13.6 Å². The number of alkyl halides is 2. The third kappa shape index (κ3) is 5.00. The van der Waals surface area contributed by atoms with E-state index >= 15 is 0 Å². The summed E-state index contributed by atoms with van der Waals surface area (Å²) in [5.41, 5.74) is 0. The fourth-order valence-corrected chi connectivity index (χ4v) is 2.04. The lowest BCUT2D eigenvalue weighted by Crippen LogP contribution is -2.47. The fraction of sp³-hybridized carbons (Fsp3) is 0.833. The lowest BCUT2D eigenvalue weighted by molar-refractivity contribution is -0.141. The van der Waals surface area contributed by atoms with Gasteiger partial charge in [0.05, 0.1) is 5.92 Å². The van der Waals surface area contributed by atoms with Gasteiger partial charge in [-0.2, -0.15) is 0 Å². The molecule has 0 aromatic rings. The number of nitrogens with zero attached hydrogens (tertiary/aromatic N) is 1. The molecule has 2 amide bonds. The van der Waals surface area contributed by atoms with Crippen molar-refractivity contribution in [1.82, 2.24) is 10.2 Å². The van der Waals surface area contributed by atoms with Crippen LogP contribution >= 0.6 is 0 Å². The molecule has 1 unspecified atom stereocenters. The molecule has 0 heterocycles. The molecule has 0 aromatic heterocycles. The first-order chi connectivity index (χ1) is 8.71. The maximum absolute atomic E-state index is 12.9. The lowest BCUT2D eigenvalue weighted by atomic mass is 9.92. The molecule has 0 saturated heterocycles. The van der Waals surface area contributed by atoms with Crippen molar-refractivity contribution in [1.29, 1.82) is 0 Å². The van der Waals surface area contributed by atoms with Gasteiger partial charge in [-0.1, -0.05) is 6.92 Å². The molecule has 7 heteroatoms. The summed E-state index contributed by atoms with van der Waals surface area (Å²) in [6, 6.07) is -0.668. The van der Waals surface area contributed by atoms with Crippen molar-refractivity contribution >= 4 is 12.0 Å². The standard InChI is InChI=1S/C12H20F2N2O3/c1-8(10(17)18)7-16(2)11(19)15-9-3-5-12(13,14)6-4-9/h8-9H,3-7H2,1-2H3,(H,15,19)(H,17,18). The molecule has 1 fully saturated rings. The molecule has 0 aliphatic heterocycles. The van der Waals surface area contributed by atoms with E-state index < -0.39 is 23.8 Å². The molecule has 110 valence electrons. The summed E-state index contributed by atoms with van der Waals surface area (Å²) in [6.45, 7) is 1.59. The van der Waals surface area contributed by atoms with Gasteiger partial charge < -0.3 is 15.3 Å². The first kappa shape index (κ1) is 15.7. The summed E-state index contributed by atoms with van der Waals surface area (Å²) in [4.78, 5) is 23.7. The predicted molar refractivity (Wildman–Crippen MR) is 65.2 cm³/mol. The monoisotopic (exact) mass is 278 g/mol. The molecule has 2 N–H and O–H groups in total. The van der Waals surface area contributed by atoms with Gasteiger partial charge in [0, 0.05) is 32.5 Å². The average molecular weight is 278 g/mol. The van der Waals surface area contributed by atoms with Gasteiger partial charge in [-0.05, 0) is 12.8 Å². The molecule has 1 saturated carbocycles. The van der Waals surface area contributed by atoms with Crippen molar-refractivity contribution in [3.05, 3.63) is 0 Å². The summed E-state index contributed by atoms with van der Waals surface area (Å²) in [7, 11) is 1.49. The van der Waals surface area contributed by atoms with Crippen LogP contribution in [-0.2, 0) is 4.79 Å². The number of carboxylic acids is 1. The molecule has 1 rings (SSSR count). The summed E-state index contributed by atoms with van der Waals surface area (Å²) in [5, 5.41) is 11.4. The van der Waals surface area contributed by atoms with Gasteiger partial charge in [0.25, 0.3) is 0 Å². The molecule has 0 radical (unpaired) electrons. The van der Waals surface area contributed by atoms with Crippen molar-refractivity contribution in [2.75, 3.05) is 13.6 Å². The Hall–Kier alpha value is -1.40. The van der Waals surface area contributed by atoms with Crippen LogP contribution in [0.2, 0.25) is 0 Å². The molecule has 0 aromatic carbocycles. The highest BCUT2D eigenvalue weighted by Crippen LogP contribution is 2.32. The zero-order chi connectivity index (χ0) is 14.6. The quantitative estimate of drug-likeness (QED) is 0.825. The van der Waals surface area contributed by atoms with Crippen LogP contribution in [0.5, 0.6) is 0 Å². The number of hydrogen-bond donors (Lipinski definition) is 2. The highest BCUT2D eigenvalue weighted by atomic mass is 19.3. The van der Waals surface area contributed by atoms with E-state index in [9.17, 15) is 18.4 Å². The van der Waals surface area contributed by atoms with Crippen molar-refractivity contribution in [3.63, 3.8) is 0 Å². The highest BCUT2D eigenvalue weighted by molar-refractivity contribution is 5.76. The van der Waals surface area contributed by atoms with E-state index in [1.165, 1.54) is 18.9 Å². The minimum Gasteiger partial charge on any atom is -0.481 e. The van der Waals surface area contributed by atoms with Crippen LogP contribution in [0, 0.1) is 5.92 Å². The Morgan fingerprint density at radius 3 is 2.42 bits per heavy atom. The molecule has 1 aliphatic carbocycles. The second kappa shape index (κ2) is 6.16. The Labute approximate surface area is 111 Å². The number of carbonyl (C=O) groups excluding carboxylic acids is 1. The van der Waals surface area contributed by atoms with Gasteiger partial charge in [-0.15, -0.1) is 0 Å². The number of amides is 2. The van der Waals surface area contributed by atoms with Crippen molar-refractivity contribution in [3.8, 4) is 0 Å². The first-order valence-electron chi connectivity index (χ1n) is 6.33. The molecule has 1 aliphatic rings. The second-order valence-corrected chi connectivity index (χ2v) is 5.20. The number of hydrogen-bond acceptors (Lipinski definition) is 2. The molecule has 0 spiro atoms. The van der Waals surface area contributed by atoms with Crippen LogP contribution in [0.1, 0.15) is 32.6 Å². The topological polar surface area (TPSA) is 69.6 Å². The summed E-state index contributed by atoms with van der Waals surface area (Å²) >= 11 is 0. The lowest BCUT2D eigenvalue weighted by Gasteiger charge is -2.30. The van der Waals surface area contributed by atoms with E-state index in [0.29, 0.717) is 0 Å². The SMILES string of the molecule is CC(CN(C)C(=O)NC1CCC(F)(F)CC1)C(=O)O. The van der Waals surface area contributed by atoms with E-state index in [0.717, 1.165) is 0 Å². The van der Waals surface area contributed by atoms with Crippen LogP contribution in [0.3, 0.4) is 0 Å². The number of urea groups is 1. The van der Waals surface area contributed by atoms with Crippen LogP contribution < -0.4 is 5.32 Å². The Kier molecular flexibility index (Phi) is 5.08. The zero-order valence-electron chi connectivity index (χ0n) is 11.2. The number of carbonyl (C=O) groups is 2. The van der Waals surface area contributed by atoms with E-state index in [1.54, 1.807) is 0 Å². The minimum atomic E-state index is -2.62. The molecule has 0 bridgehead atoms. The Morgan fingerprint density at radius 2 is 1.95 bits per heavy atom. The Bertz CT molecular complexity index is 340. The molecule has 19 heavy (non-hydrogen) atoms. The van der Waals surface area contributed by atoms with Gasteiger partial charge in [-0.25, -0.2) is 13.6 Å². The number of carboxylic acid groups (broad SMARTS) is 1. The van der Waals surface area contributed by atoms with Crippen molar-refractivity contribution in [2.45, 2.75) is 44.6 Å². The Morgan fingerprint density at radius 1 is 1.42 bits per heavy atom.